The summed E-state index contributed by atoms with van der Waals surface area (Å²) in [5, 5.41) is 11.1. The van der Waals surface area contributed by atoms with E-state index in [1.165, 1.54) is 19.2 Å². The molecule has 2 aromatic carbocycles. The number of pyridine rings is 1. The molecule has 0 aliphatic heterocycles. The summed E-state index contributed by atoms with van der Waals surface area (Å²) in [6.07, 6.45) is 0. The van der Waals surface area contributed by atoms with Crippen LogP contribution >= 0.6 is 15.9 Å². The lowest BCUT2D eigenvalue weighted by atomic mass is 10.1. The first-order chi connectivity index (χ1) is 11.7. The number of phenols is 1. The van der Waals surface area contributed by atoms with E-state index in [4.69, 9.17) is 9.47 Å². The van der Waals surface area contributed by atoms with Crippen molar-refractivity contribution in [3.8, 4) is 28.5 Å². The Morgan fingerprint density at radius 1 is 1.21 bits per heavy atom. The molecule has 0 spiro atoms. The SMILES string of the molecule is COc1c(OCCBr)cc(O)c2c(=O)cc(-c3ccccc3)[nH]c12. The number of nitrogens with one attached hydrogen (secondary N) is 1. The fraction of sp³-hybridized carbons (Fsp3) is 0.167. The van der Waals surface area contributed by atoms with Gasteiger partial charge in [-0.3, -0.25) is 4.79 Å². The first kappa shape index (κ1) is 16.4. The molecule has 0 aliphatic rings. The van der Waals surface area contributed by atoms with E-state index in [-0.39, 0.29) is 16.6 Å². The number of alkyl halides is 1. The Balaban J connectivity index is 2.29. The Bertz CT molecular complexity index is 922. The van der Waals surface area contributed by atoms with Gasteiger partial charge in [-0.2, -0.15) is 0 Å². The van der Waals surface area contributed by atoms with Gasteiger partial charge in [0.1, 0.15) is 11.3 Å². The van der Waals surface area contributed by atoms with E-state index < -0.39 is 0 Å². The lowest BCUT2D eigenvalue weighted by Gasteiger charge is -2.14. The highest BCUT2D eigenvalue weighted by atomic mass is 79.9. The number of rotatable bonds is 5. The zero-order valence-corrected chi connectivity index (χ0v) is 14.6. The number of H-pyrrole nitrogens is 1. The summed E-state index contributed by atoms with van der Waals surface area (Å²) in [5.74, 6) is 0.623. The molecule has 5 nitrogen and oxygen atoms in total. The van der Waals surface area contributed by atoms with Crippen molar-refractivity contribution in [2.75, 3.05) is 19.0 Å². The van der Waals surface area contributed by atoms with E-state index in [1.807, 2.05) is 30.3 Å². The number of phenolic OH excluding ortho intramolecular Hbond substituents is 1. The smallest absolute Gasteiger partial charge is 0.193 e. The maximum atomic E-state index is 12.5. The van der Waals surface area contributed by atoms with Crippen LogP contribution in [0.1, 0.15) is 0 Å². The van der Waals surface area contributed by atoms with Crippen LogP contribution in [0.25, 0.3) is 22.2 Å². The molecule has 0 saturated carbocycles. The van der Waals surface area contributed by atoms with Gasteiger partial charge >= 0.3 is 0 Å². The lowest BCUT2D eigenvalue weighted by molar-refractivity contribution is 0.314. The summed E-state index contributed by atoms with van der Waals surface area (Å²) in [4.78, 5) is 15.7. The number of fused-ring (bicyclic) bond motifs is 1. The molecule has 0 aliphatic carbocycles. The number of hydrogen-bond acceptors (Lipinski definition) is 4. The van der Waals surface area contributed by atoms with Crippen molar-refractivity contribution in [2.24, 2.45) is 0 Å². The summed E-state index contributed by atoms with van der Waals surface area (Å²) in [6.45, 7) is 0.407. The van der Waals surface area contributed by atoms with Crippen LogP contribution in [0.15, 0.2) is 47.3 Å². The van der Waals surface area contributed by atoms with Gasteiger partial charge in [-0.15, -0.1) is 0 Å². The van der Waals surface area contributed by atoms with Gasteiger partial charge in [0.05, 0.1) is 19.1 Å². The molecular weight excluding hydrogens is 374 g/mol. The Morgan fingerprint density at radius 3 is 2.62 bits per heavy atom. The highest BCUT2D eigenvalue weighted by molar-refractivity contribution is 9.09. The Kier molecular flexibility index (Phi) is 4.76. The molecule has 1 heterocycles. The predicted molar refractivity (Wildman–Crippen MR) is 97.5 cm³/mol. The van der Waals surface area contributed by atoms with Crippen molar-refractivity contribution in [3.63, 3.8) is 0 Å². The van der Waals surface area contributed by atoms with Gasteiger partial charge in [0.15, 0.2) is 16.9 Å². The lowest BCUT2D eigenvalue weighted by Crippen LogP contribution is -2.07. The minimum Gasteiger partial charge on any atom is -0.507 e. The second-order valence-corrected chi connectivity index (χ2v) is 5.92. The molecule has 0 bridgehead atoms. The average Bonchev–Trinajstić information content (AvgIpc) is 2.60. The molecule has 3 rings (SSSR count). The largest absolute Gasteiger partial charge is 0.507 e. The number of hydrogen-bond donors (Lipinski definition) is 2. The molecule has 0 unspecified atom stereocenters. The quantitative estimate of drug-likeness (QED) is 0.652. The normalized spacial score (nSPS) is 10.8. The van der Waals surface area contributed by atoms with Gasteiger partial charge in [0, 0.05) is 23.2 Å². The molecule has 0 amide bonds. The molecule has 0 atom stereocenters. The Morgan fingerprint density at radius 2 is 1.96 bits per heavy atom. The fourth-order valence-corrected chi connectivity index (χ4v) is 2.76. The second kappa shape index (κ2) is 6.97. The maximum absolute atomic E-state index is 12.5. The number of methoxy groups -OCH3 is 1. The van der Waals surface area contributed by atoms with Crippen molar-refractivity contribution in [1.29, 1.82) is 0 Å². The molecular formula is C18H16BrNO4. The monoisotopic (exact) mass is 389 g/mol. The third-order valence-electron chi connectivity index (χ3n) is 3.63. The van der Waals surface area contributed by atoms with E-state index in [1.54, 1.807) is 0 Å². The standard InChI is InChI=1S/C18H16BrNO4/c1-23-18-15(24-8-7-19)10-14(22)16-13(21)9-12(20-17(16)18)11-5-3-2-4-6-11/h2-6,9-10,22H,7-8H2,1H3,(H,20,21). The van der Waals surface area contributed by atoms with E-state index in [0.717, 1.165) is 5.56 Å². The number of aromatic amines is 1. The number of ether oxygens (including phenoxy) is 2. The van der Waals surface area contributed by atoms with Crippen LogP contribution in [0.4, 0.5) is 0 Å². The predicted octanol–water partition coefficient (Wildman–Crippen LogP) is 3.68. The van der Waals surface area contributed by atoms with Gasteiger partial charge in [0.2, 0.25) is 0 Å². The van der Waals surface area contributed by atoms with Crippen molar-refractivity contribution in [2.45, 2.75) is 0 Å². The van der Waals surface area contributed by atoms with Crippen LogP contribution in [0, 0.1) is 0 Å². The van der Waals surface area contributed by atoms with Crippen molar-refractivity contribution >= 4 is 26.8 Å². The van der Waals surface area contributed by atoms with Crippen molar-refractivity contribution in [1.82, 2.24) is 4.98 Å². The zero-order chi connectivity index (χ0) is 17.1. The minimum atomic E-state index is -0.287. The van der Waals surface area contributed by atoms with E-state index in [0.29, 0.717) is 34.6 Å². The van der Waals surface area contributed by atoms with Crippen LogP contribution in [-0.2, 0) is 0 Å². The molecule has 2 N–H and O–H groups in total. The molecule has 6 heteroatoms. The number of halogens is 1. The highest BCUT2D eigenvalue weighted by Crippen LogP contribution is 2.39. The molecule has 1 aromatic heterocycles. The molecule has 24 heavy (non-hydrogen) atoms. The third kappa shape index (κ3) is 2.97. The van der Waals surface area contributed by atoms with Gasteiger partial charge in [-0.25, -0.2) is 0 Å². The van der Waals surface area contributed by atoms with Crippen LogP contribution in [0.3, 0.4) is 0 Å². The van der Waals surface area contributed by atoms with Crippen LogP contribution in [0.2, 0.25) is 0 Å². The first-order valence-corrected chi connectivity index (χ1v) is 8.49. The summed E-state index contributed by atoms with van der Waals surface area (Å²) >= 11 is 3.29. The number of benzene rings is 2. The van der Waals surface area contributed by atoms with Gasteiger partial charge < -0.3 is 19.6 Å². The van der Waals surface area contributed by atoms with Crippen molar-refractivity contribution in [3.05, 3.63) is 52.7 Å². The fourth-order valence-electron chi connectivity index (χ4n) is 2.60. The maximum Gasteiger partial charge on any atom is 0.193 e. The van der Waals surface area contributed by atoms with E-state index in [2.05, 4.69) is 20.9 Å². The molecule has 124 valence electrons. The topological polar surface area (TPSA) is 71.5 Å². The minimum absolute atomic E-state index is 0.142. The van der Waals surface area contributed by atoms with Gasteiger partial charge in [-0.1, -0.05) is 46.3 Å². The number of aromatic hydroxyl groups is 1. The summed E-state index contributed by atoms with van der Waals surface area (Å²) in [5.41, 5.74) is 1.63. The summed E-state index contributed by atoms with van der Waals surface area (Å²) in [7, 11) is 1.50. The van der Waals surface area contributed by atoms with Gasteiger partial charge in [0.25, 0.3) is 0 Å². The third-order valence-corrected chi connectivity index (χ3v) is 3.95. The van der Waals surface area contributed by atoms with E-state index >= 15 is 0 Å². The second-order valence-electron chi connectivity index (χ2n) is 5.13. The van der Waals surface area contributed by atoms with Gasteiger partial charge in [-0.05, 0) is 5.56 Å². The number of aromatic nitrogens is 1. The summed E-state index contributed by atoms with van der Waals surface area (Å²) < 4.78 is 11.0. The highest BCUT2D eigenvalue weighted by Gasteiger charge is 2.18. The van der Waals surface area contributed by atoms with E-state index in [9.17, 15) is 9.90 Å². The zero-order valence-electron chi connectivity index (χ0n) is 13.0. The Hall–Kier alpha value is -2.47. The molecule has 0 fully saturated rings. The van der Waals surface area contributed by atoms with Crippen LogP contribution < -0.4 is 14.9 Å². The first-order valence-electron chi connectivity index (χ1n) is 7.37. The van der Waals surface area contributed by atoms with Crippen LogP contribution in [-0.4, -0.2) is 29.1 Å². The Labute approximate surface area is 147 Å². The van der Waals surface area contributed by atoms with Crippen LogP contribution in [0.5, 0.6) is 17.2 Å². The molecule has 0 saturated heterocycles. The summed E-state index contributed by atoms with van der Waals surface area (Å²) in [6, 6.07) is 12.4. The molecule has 0 radical (unpaired) electrons. The molecule has 3 aromatic rings. The van der Waals surface area contributed by atoms with Crippen molar-refractivity contribution < 1.29 is 14.6 Å². The average molecular weight is 390 g/mol.